The van der Waals surface area contributed by atoms with Crippen molar-refractivity contribution in [1.29, 1.82) is 5.26 Å². The first kappa shape index (κ1) is 27.6. The van der Waals surface area contributed by atoms with E-state index in [9.17, 15) is 9.65 Å². The predicted octanol–water partition coefficient (Wildman–Crippen LogP) is 5.12. The molecule has 0 amide bonds. The van der Waals surface area contributed by atoms with Gasteiger partial charge in [0.25, 0.3) is 0 Å². The molecule has 0 bridgehead atoms. The van der Waals surface area contributed by atoms with Crippen LogP contribution in [0.25, 0.3) is 0 Å². The molecule has 1 aromatic heterocycles. The molecule has 1 aromatic carbocycles. The molecule has 5 aliphatic heterocycles. The SMILES string of the molecule is C[C@H]1CC[C@]2(Cc3nc(OCCC45CCCN4C[C@H](F)C5)cc(N4CC[C@@]45CCOC5)c3CO2)c2c1ccc(N)c2C#N. The summed E-state index contributed by atoms with van der Waals surface area (Å²) in [7, 11) is 0. The molecule has 0 saturated carbocycles. The summed E-state index contributed by atoms with van der Waals surface area (Å²) in [5.74, 6) is 0.953. The van der Waals surface area contributed by atoms with Crippen LogP contribution in [-0.4, -0.2) is 66.6 Å². The summed E-state index contributed by atoms with van der Waals surface area (Å²) < 4.78 is 33.6. The largest absolute Gasteiger partial charge is 0.478 e. The number of hydrogen-bond donors (Lipinski definition) is 1. The lowest BCUT2D eigenvalue weighted by atomic mass is 9.69. The lowest BCUT2D eigenvalue weighted by Gasteiger charge is -2.53. The van der Waals surface area contributed by atoms with Gasteiger partial charge in [-0.3, -0.25) is 4.90 Å². The maximum absolute atomic E-state index is 14.4. The Hall–Kier alpha value is -2.93. The maximum atomic E-state index is 14.4. The molecule has 0 radical (unpaired) electrons. The van der Waals surface area contributed by atoms with Gasteiger partial charge in [-0.05, 0) is 69.0 Å². The number of pyridine rings is 1. The minimum atomic E-state index is -0.741. The standard InChI is InChI=1S/C34H42FN5O3/c1-22-5-7-34(31-24(22)3-4-27(37)25(31)18-36)17-28-26(20-43-34)29(40-12-8-33(40)9-13-41-21-33)15-30(38-28)42-14-10-32-6-2-11-39(32)19-23(35)16-32/h3-4,15,22-23H,2,5-14,16-17,19-21,37H2,1H3/t22-,23+,32?,33-,34-/m0/s1. The van der Waals surface area contributed by atoms with Gasteiger partial charge in [0.15, 0.2) is 0 Å². The van der Waals surface area contributed by atoms with Gasteiger partial charge < -0.3 is 24.8 Å². The van der Waals surface area contributed by atoms with Crippen LogP contribution in [0.5, 0.6) is 5.88 Å². The summed E-state index contributed by atoms with van der Waals surface area (Å²) in [5, 5.41) is 10.2. The topological polar surface area (TPSA) is 96.9 Å². The Morgan fingerprint density at radius 2 is 2.14 bits per heavy atom. The second kappa shape index (κ2) is 10.0. The summed E-state index contributed by atoms with van der Waals surface area (Å²) in [4.78, 5) is 9.99. The van der Waals surface area contributed by atoms with Crippen molar-refractivity contribution in [3.8, 4) is 11.9 Å². The zero-order valence-corrected chi connectivity index (χ0v) is 25.2. The number of nitrogens with two attached hydrogens (primary N) is 1. The van der Waals surface area contributed by atoms with Gasteiger partial charge in [0.1, 0.15) is 17.8 Å². The van der Waals surface area contributed by atoms with Crippen LogP contribution in [0, 0.1) is 11.3 Å². The molecule has 228 valence electrons. The van der Waals surface area contributed by atoms with Crippen molar-refractivity contribution < 1.29 is 18.6 Å². The number of rotatable bonds is 5. The van der Waals surface area contributed by atoms with Gasteiger partial charge in [-0.15, -0.1) is 0 Å². The van der Waals surface area contributed by atoms with E-state index in [2.05, 4.69) is 34.9 Å². The first-order valence-electron chi connectivity index (χ1n) is 16.2. The Balaban J connectivity index is 1.15. The number of nitrogens with zero attached hydrogens (tertiary/aromatic N) is 4. The van der Waals surface area contributed by atoms with Crippen molar-refractivity contribution in [3.05, 3.63) is 46.1 Å². The molecule has 8 rings (SSSR count). The Morgan fingerprint density at radius 1 is 1.23 bits per heavy atom. The van der Waals surface area contributed by atoms with Crippen molar-refractivity contribution in [2.45, 2.75) is 100 Å². The zero-order valence-electron chi connectivity index (χ0n) is 25.2. The third kappa shape index (κ3) is 4.20. The molecule has 5 atom stereocenters. The quantitative estimate of drug-likeness (QED) is 0.482. The minimum absolute atomic E-state index is 0.0279. The maximum Gasteiger partial charge on any atom is 0.215 e. The van der Waals surface area contributed by atoms with E-state index in [0.717, 1.165) is 99.3 Å². The van der Waals surface area contributed by atoms with Crippen LogP contribution in [0.1, 0.15) is 92.2 Å². The average Bonchev–Trinajstić information content (AvgIpc) is 3.70. The Bertz CT molecular complexity index is 1490. The summed E-state index contributed by atoms with van der Waals surface area (Å²) >= 11 is 0. The van der Waals surface area contributed by atoms with Crippen LogP contribution in [-0.2, 0) is 28.1 Å². The Morgan fingerprint density at radius 3 is 2.93 bits per heavy atom. The highest BCUT2D eigenvalue weighted by Gasteiger charge is 2.51. The van der Waals surface area contributed by atoms with Crippen molar-refractivity contribution in [2.24, 2.45) is 0 Å². The first-order valence-corrected chi connectivity index (χ1v) is 16.2. The molecule has 4 fully saturated rings. The van der Waals surface area contributed by atoms with Crippen LogP contribution < -0.4 is 15.4 Å². The van der Waals surface area contributed by atoms with Gasteiger partial charge in [0.2, 0.25) is 5.88 Å². The van der Waals surface area contributed by atoms with E-state index in [-0.39, 0.29) is 11.1 Å². The van der Waals surface area contributed by atoms with E-state index in [1.807, 2.05) is 6.07 Å². The molecule has 2 aromatic rings. The summed E-state index contributed by atoms with van der Waals surface area (Å²) in [6, 6.07) is 8.45. The molecular weight excluding hydrogens is 545 g/mol. The van der Waals surface area contributed by atoms with Crippen LogP contribution in [0.4, 0.5) is 15.8 Å². The smallest absolute Gasteiger partial charge is 0.215 e. The summed E-state index contributed by atoms with van der Waals surface area (Å²) in [5.41, 5.74) is 12.0. The number of fused-ring (bicyclic) bond motifs is 4. The van der Waals surface area contributed by atoms with Gasteiger partial charge >= 0.3 is 0 Å². The molecular formula is C34H42FN5O3. The average molecular weight is 588 g/mol. The van der Waals surface area contributed by atoms with Gasteiger partial charge in [-0.1, -0.05) is 13.0 Å². The number of aromatic nitrogens is 1. The van der Waals surface area contributed by atoms with Crippen LogP contribution in [0.2, 0.25) is 0 Å². The highest BCUT2D eigenvalue weighted by Crippen LogP contribution is 2.53. The molecule has 6 aliphatic rings. The van der Waals surface area contributed by atoms with E-state index in [1.54, 1.807) is 0 Å². The molecule has 8 nitrogen and oxygen atoms in total. The monoisotopic (exact) mass is 587 g/mol. The second-order valence-corrected chi connectivity index (χ2v) is 14.0. The molecule has 2 N–H and O–H groups in total. The Kier molecular flexibility index (Phi) is 6.45. The number of anilines is 2. The highest BCUT2D eigenvalue weighted by atomic mass is 19.1. The molecule has 4 saturated heterocycles. The highest BCUT2D eigenvalue weighted by molar-refractivity contribution is 5.65. The molecule has 1 aliphatic carbocycles. The van der Waals surface area contributed by atoms with Gasteiger partial charge in [0.05, 0.1) is 36.6 Å². The van der Waals surface area contributed by atoms with E-state index in [1.165, 1.54) is 0 Å². The van der Waals surface area contributed by atoms with Crippen molar-refractivity contribution >= 4 is 11.4 Å². The molecule has 2 spiro atoms. The summed E-state index contributed by atoms with van der Waals surface area (Å²) in [6.07, 6.45) is 7.34. The number of benzene rings is 1. The van der Waals surface area contributed by atoms with Crippen LogP contribution in [0.15, 0.2) is 18.2 Å². The van der Waals surface area contributed by atoms with Crippen LogP contribution >= 0.6 is 0 Å². The van der Waals surface area contributed by atoms with E-state index < -0.39 is 11.8 Å². The lowest BCUT2D eigenvalue weighted by molar-refractivity contribution is -0.0872. The summed E-state index contributed by atoms with van der Waals surface area (Å²) in [6.45, 7) is 7.19. The second-order valence-electron chi connectivity index (χ2n) is 14.0. The minimum Gasteiger partial charge on any atom is -0.478 e. The van der Waals surface area contributed by atoms with Gasteiger partial charge in [-0.2, -0.15) is 5.26 Å². The molecule has 43 heavy (non-hydrogen) atoms. The fraction of sp³-hybridized carbons (Fsp3) is 0.647. The fourth-order valence-corrected chi connectivity index (χ4v) is 9.32. The predicted molar refractivity (Wildman–Crippen MR) is 161 cm³/mol. The third-order valence-corrected chi connectivity index (χ3v) is 11.8. The molecule has 1 unspecified atom stereocenters. The van der Waals surface area contributed by atoms with Gasteiger partial charge in [-0.25, -0.2) is 9.37 Å². The van der Waals surface area contributed by atoms with Crippen LogP contribution in [0.3, 0.4) is 0 Å². The van der Waals surface area contributed by atoms with E-state index >= 15 is 0 Å². The van der Waals surface area contributed by atoms with E-state index in [4.69, 9.17) is 24.9 Å². The van der Waals surface area contributed by atoms with Crippen molar-refractivity contribution in [3.63, 3.8) is 0 Å². The lowest BCUT2D eigenvalue weighted by Crippen LogP contribution is -2.61. The zero-order chi connectivity index (χ0) is 29.4. The number of ether oxygens (including phenoxy) is 3. The Labute approximate surface area is 253 Å². The molecule has 9 heteroatoms. The van der Waals surface area contributed by atoms with Crippen molar-refractivity contribution in [2.75, 3.05) is 50.1 Å². The molecule has 6 heterocycles. The van der Waals surface area contributed by atoms with E-state index in [0.29, 0.717) is 55.6 Å². The normalized spacial score (nSPS) is 34.6. The third-order valence-electron chi connectivity index (χ3n) is 11.8. The fourth-order valence-electron chi connectivity index (χ4n) is 9.32. The number of halogens is 1. The van der Waals surface area contributed by atoms with Gasteiger partial charge in [0, 0.05) is 66.6 Å². The number of alkyl halides is 1. The number of nitrogen functional groups attached to an aromatic ring is 1. The first-order chi connectivity index (χ1) is 20.9. The number of hydrogen-bond acceptors (Lipinski definition) is 8. The number of nitriles is 1. The van der Waals surface area contributed by atoms with Crippen molar-refractivity contribution in [1.82, 2.24) is 9.88 Å².